The van der Waals surface area contributed by atoms with Crippen molar-refractivity contribution in [2.75, 3.05) is 52.9 Å². The average molecular weight is 1060 g/mol. The van der Waals surface area contributed by atoms with Crippen molar-refractivity contribution < 1.29 is 164 Å². The molecular formula is C39H68O33. The summed E-state index contributed by atoms with van der Waals surface area (Å²) >= 11 is 0. The molecule has 0 amide bonds. The molecule has 6 heterocycles. The molecule has 6 saturated heterocycles. The molecule has 6 aliphatic rings. The van der Waals surface area contributed by atoms with Crippen molar-refractivity contribution in [2.45, 2.75) is 190 Å². The minimum atomic E-state index is -2.28. The Morgan fingerprint density at radius 2 is 0.500 bits per heavy atom. The number of hydrogen-bond donors (Lipinski definition) is 21. The van der Waals surface area contributed by atoms with Crippen molar-refractivity contribution in [3.63, 3.8) is 0 Å². The summed E-state index contributed by atoms with van der Waals surface area (Å²) < 4.78 is 66.5. The van der Waals surface area contributed by atoms with Gasteiger partial charge in [0.15, 0.2) is 37.7 Å². The van der Waals surface area contributed by atoms with E-state index >= 15 is 0 Å². The second-order valence-electron chi connectivity index (χ2n) is 17.9. The second-order valence-corrected chi connectivity index (χ2v) is 17.9. The number of ether oxygens (including phenoxy) is 12. The molecule has 0 aliphatic carbocycles. The molecule has 6 fully saturated rings. The molecule has 0 bridgehead atoms. The van der Waals surface area contributed by atoms with Crippen LogP contribution in [0.15, 0.2) is 0 Å². The van der Waals surface area contributed by atoms with Crippen LogP contribution in [0.2, 0.25) is 0 Å². The Labute approximate surface area is 407 Å². The number of aliphatic hydroxyl groups excluding tert-OH is 21. The van der Waals surface area contributed by atoms with Gasteiger partial charge in [0.05, 0.1) is 52.9 Å². The quantitative estimate of drug-likeness (QED) is 0.0538. The van der Waals surface area contributed by atoms with E-state index in [4.69, 9.17) is 61.9 Å². The van der Waals surface area contributed by atoms with Gasteiger partial charge >= 0.3 is 0 Å². The maximum Gasteiger partial charge on any atom is 0.187 e. The summed E-state index contributed by atoms with van der Waals surface area (Å²) in [6.45, 7) is -7.24. The van der Waals surface area contributed by atoms with Crippen LogP contribution < -0.4 is 0 Å². The third-order valence-corrected chi connectivity index (χ3v) is 13.1. The summed E-state index contributed by atoms with van der Waals surface area (Å²) in [5.74, 6) is 0. The Morgan fingerprint density at radius 1 is 0.278 bits per heavy atom. The van der Waals surface area contributed by atoms with E-state index in [0.29, 0.717) is 0 Å². The van der Waals surface area contributed by atoms with Crippen molar-refractivity contribution in [3.8, 4) is 0 Å². The zero-order valence-corrected chi connectivity index (χ0v) is 37.8. The minimum Gasteiger partial charge on any atom is -0.394 e. The number of hydrogen-bond acceptors (Lipinski definition) is 33. The van der Waals surface area contributed by atoms with Crippen molar-refractivity contribution in [3.05, 3.63) is 0 Å². The first kappa shape index (κ1) is 59.9. The van der Waals surface area contributed by atoms with Gasteiger partial charge in [0.2, 0.25) is 0 Å². The van der Waals surface area contributed by atoms with Crippen molar-refractivity contribution in [1.29, 1.82) is 0 Å². The second kappa shape index (κ2) is 26.4. The lowest BCUT2D eigenvalue weighted by Crippen LogP contribution is -2.68. The molecular weight excluding hydrogens is 996 g/mol. The van der Waals surface area contributed by atoms with Crippen LogP contribution in [0.25, 0.3) is 0 Å². The first-order valence-electron chi connectivity index (χ1n) is 22.8. The van der Waals surface area contributed by atoms with E-state index < -0.39 is 243 Å². The number of rotatable bonds is 20. The lowest BCUT2D eigenvalue weighted by Gasteiger charge is -2.50. The highest BCUT2D eigenvalue weighted by atomic mass is 16.8. The van der Waals surface area contributed by atoms with E-state index in [1.54, 1.807) is 0 Å². The van der Waals surface area contributed by atoms with Crippen LogP contribution in [0.4, 0.5) is 0 Å². The average Bonchev–Trinajstić information content (AvgIpc) is 3.37. The lowest BCUT2D eigenvalue weighted by atomic mass is 9.95. The fourth-order valence-electron chi connectivity index (χ4n) is 8.87. The highest BCUT2D eigenvalue weighted by Gasteiger charge is 2.58. The molecule has 33 nitrogen and oxygen atoms in total. The molecule has 422 valence electrons. The monoisotopic (exact) mass is 1060 g/mol. The summed E-state index contributed by atoms with van der Waals surface area (Å²) in [5.41, 5.74) is 0. The van der Waals surface area contributed by atoms with Gasteiger partial charge in [0.1, 0.15) is 153 Å². The molecule has 31 atom stereocenters. The standard InChI is InChI=1S/C39H68O33/c40-1-9(47)8-61-34-24(56)29(17(49)11(3-42)62-34)69-36-26(58)31(19(51)13(5-44)64-36)71-38-28(60)33(21(53)15(7-46)66-38)72-39-27(59)32(20(52)14(6-45)67-39)70-37-25(57)30(18(50)12(4-43)65-37)68-35-23(55)22(54)16(48)10(2-41)63-35/h9-60H,1-8H2/t9?,10-,11-,12-,13-,14-,15-,16-,17-,18-,19-,20-,21-,22+,23-,24+,25-,26-,27-,28+,29+,30+,31+,32+,33+,34+,35+,36+,37+,38-,39+/m1/s1. The fourth-order valence-corrected chi connectivity index (χ4v) is 8.87. The Kier molecular flexibility index (Phi) is 21.9. The maximum absolute atomic E-state index is 11.6. The molecule has 0 aromatic rings. The summed E-state index contributed by atoms with van der Waals surface area (Å²) in [6.07, 6.45) is -60.2. The highest BCUT2D eigenvalue weighted by Crippen LogP contribution is 2.37. The summed E-state index contributed by atoms with van der Waals surface area (Å²) in [6, 6.07) is 0. The summed E-state index contributed by atoms with van der Waals surface area (Å²) in [4.78, 5) is 0. The Morgan fingerprint density at radius 3 is 0.750 bits per heavy atom. The third kappa shape index (κ3) is 12.7. The van der Waals surface area contributed by atoms with Crippen LogP contribution >= 0.6 is 0 Å². The van der Waals surface area contributed by atoms with E-state index in [2.05, 4.69) is 0 Å². The van der Waals surface area contributed by atoms with E-state index in [1.165, 1.54) is 0 Å². The minimum absolute atomic E-state index is 0.606. The van der Waals surface area contributed by atoms with Gasteiger partial charge in [-0.3, -0.25) is 0 Å². The smallest absolute Gasteiger partial charge is 0.187 e. The van der Waals surface area contributed by atoms with Gasteiger partial charge < -0.3 is 164 Å². The fraction of sp³-hybridized carbons (Fsp3) is 1.00. The van der Waals surface area contributed by atoms with Crippen molar-refractivity contribution in [1.82, 2.24) is 0 Å². The summed E-state index contributed by atoms with van der Waals surface area (Å²) in [5, 5.41) is 222. The van der Waals surface area contributed by atoms with E-state index in [9.17, 15) is 102 Å². The van der Waals surface area contributed by atoms with Crippen LogP contribution in [0.5, 0.6) is 0 Å². The van der Waals surface area contributed by atoms with Crippen LogP contribution in [-0.4, -0.2) is 350 Å². The molecule has 0 spiro atoms. The topological polar surface area (TPSA) is 536 Å². The molecule has 72 heavy (non-hydrogen) atoms. The van der Waals surface area contributed by atoms with Gasteiger partial charge in [-0.2, -0.15) is 0 Å². The van der Waals surface area contributed by atoms with Crippen LogP contribution in [0, 0.1) is 0 Å². The molecule has 0 radical (unpaired) electrons. The predicted molar refractivity (Wildman–Crippen MR) is 216 cm³/mol. The van der Waals surface area contributed by atoms with Crippen LogP contribution in [0.3, 0.4) is 0 Å². The maximum atomic E-state index is 11.6. The van der Waals surface area contributed by atoms with Crippen LogP contribution in [-0.2, 0) is 56.8 Å². The van der Waals surface area contributed by atoms with Gasteiger partial charge in [0, 0.05) is 0 Å². The number of aliphatic hydroxyl groups is 21. The van der Waals surface area contributed by atoms with Gasteiger partial charge in [-0.25, -0.2) is 0 Å². The van der Waals surface area contributed by atoms with Crippen LogP contribution in [0.1, 0.15) is 0 Å². The molecule has 1 unspecified atom stereocenters. The van der Waals surface area contributed by atoms with Gasteiger partial charge in [-0.05, 0) is 0 Å². The van der Waals surface area contributed by atoms with Crippen molar-refractivity contribution in [2.24, 2.45) is 0 Å². The van der Waals surface area contributed by atoms with Gasteiger partial charge in [0.25, 0.3) is 0 Å². The van der Waals surface area contributed by atoms with Crippen molar-refractivity contribution >= 4 is 0 Å². The molecule has 0 aromatic heterocycles. The lowest BCUT2D eigenvalue weighted by molar-refractivity contribution is -0.398. The first-order chi connectivity index (χ1) is 34.2. The molecule has 0 aromatic carbocycles. The van der Waals surface area contributed by atoms with E-state index in [1.807, 2.05) is 0 Å². The Hall–Kier alpha value is -1.32. The zero-order valence-electron chi connectivity index (χ0n) is 37.8. The zero-order chi connectivity index (χ0) is 53.0. The molecule has 33 heteroatoms. The van der Waals surface area contributed by atoms with Gasteiger partial charge in [-0.1, -0.05) is 0 Å². The molecule has 21 N–H and O–H groups in total. The Bertz CT molecular complexity index is 1610. The van der Waals surface area contributed by atoms with Gasteiger partial charge in [-0.15, -0.1) is 0 Å². The SMILES string of the molecule is OCC(O)CO[C@H]1O[C@H](CO)[C@@H](O)[C@H](O[C@@H]2O[C@H](CO)[C@@H](O)[C@H](O[C@H]3O[C@H](CO)[C@@H](O)[C@H](O[C@@H]4O[C@H](CO)[C@@H](O)[C@H](O[C@@H]5O[C@H](CO)[C@@H](O)[C@H](O[C@@H]6O[C@H](CO)[C@@H](O)[C@H](O)[C@H]6O)[C@H]5O)[C@H]4O)[C@@H]3O)[C@H]2O)[C@@H]1O. The first-order valence-corrected chi connectivity index (χ1v) is 22.8. The van der Waals surface area contributed by atoms with E-state index in [-0.39, 0.29) is 0 Å². The normalized spacial score (nSPS) is 51.0. The largest absolute Gasteiger partial charge is 0.394 e. The van der Waals surface area contributed by atoms with E-state index in [0.717, 1.165) is 0 Å². The molecule has 6 aliphatic heterocycles. The summed E-state index contributed by atoms with van der Waals surface area (Å²) in [7, 11) is 0. The highest BCUT2D eigenvalue weighted by molar-refractivity contribution is 5.00. The Balaban J connectivity index is 1.18. The third-order valence-electron chi connectivity index (χ3n) is 13.1. The molecule has 0 saturated carbocycles. The predicted octanol–water partition coefficient (Wildman–Crippen LogP) is -14.7. The molecule has 6 rings (SSSR count).